The second-order valence-corrected chi connectivity index (χ2v) is 7.85. The van der Waals surface area contributed by atoms with Crippen LogP contribution in [0.25, 0.3) is 0 Å². The van der Waals surface area contributed by atoms with Crippen LogP contribution in [-0.2, 0) is 4.79 Å². The van der Waals surface area contributed by atoms with Gasteiger partial charge in [0.1, 0.15) is 6.04 Å². The summed E-state index contributed by atoms with van der Waals surface area (Å²) in [5.41, 5.74) is 5.96. The van der Waals surface area contributed by atoms with E-state index in [1.807, 2.05) is 60.8 Å². The number of nitrogens with two attached hydrogens (primary N) is 2. The summed E-state index contributed by atoms with van der Waals surface area (Å²) in [6.07, 6.45) is 0. The van der Waals surface area contributed by atoms with E-state index >= 15 is 0 Å². The van der Waals surface area contributed by atoms with Crippen molar-refractivity contribution in [3.05, 3.63) is 82.9 Å². The van der Waals surface area contributed by atoms with Gasteiger partial charge < -0.3 is 24.8 Å². The highest BCUT2D eigenvalue weighted by Crippen LogP contribution is 2.38. The molecule has 0 unspecified atom stereocenters. The molecule has 3 aromatic carbocycles. The Morgan fingerprint density at radius 3 is 2.17 bits per heavy atom. The second kappa shape index (κ2) is 11.9. The molecule has 0 aliphatic rings. The molecule has 0 spiro atoms. The molecule has 0 heterocycles. The molecule has 0 fully saturated rings. The van der Waals surface area contributed by atoms with Crippen molar-refractivity contribution >= 4 is 17.5 Å². The number of benzene rings is 3. The lowest BCUT2D eigenvalue weighted by Crippen LogP contribution is -2.88. The van der Waals surface area contributed by atoms with E-state index in [0.717, 1.165) is 16.7 Å². The SMILES string of the molecule is COc1cc(C(=O)Nc2ccc(C)cc2[C@@H]([NH2+]CC(=O)NN)c2ccccc2)cc(OC)c1OC. The minimum Gasteiger partial charge on any atom is -0.493 e. The standard InChI is InChI=1S/C26H30N4O5/c1-16-10-11-20(29-26(32)18-13-21(33-2)25(35-4)22(14-18)34-3)19(12-16)24(28-15-23(31)30-27)17-8-6-5-7-9-17/h5-14,24,28H,15,27H2,1-4H3,(H,29,32)(H,30,31)/p+1/t24-/m0/s1. The molecule has 0 saturated heterocycles. The van der Waals surface area contributed by atoms with Crippen molar-refractivity contribution < 1.29 is 29.1 Å². The summed E-state index contributed by atoms with van der Waals surface area (Å²) in [6.45, 7) is 2.09. The molecule has 6 N–H and O–H groups in total. The van der Waals surface area contributed by atoms with E-state index in [1.165, 1.54) is 21.3 Å². The predicted octanol–water partition coefficient (Wildman–Crippen LogP) is 1.92. The molecule has 35 heavy (non-hydrogen) atoms. The molecule has 9 nitrogen and oxygen atoms in total. The Balaban J connectivity index is 2.01. The number of ether oxygens (including phenoxy) is 3. The molecule has 0 saturated carbocycles. The highest BCUT2D eigenvalue weighted by atomic mass is 16.5. The lowest BCUT2D eigenvalue weighted by atomic mass is 9.95. The van der Waals surface area contributed by atoms with Crippen LogP contribution in [0.15, 0.2) is 60.7 Å². The van der Waals surface area contributed by atoms with Crippen molar-refractivity contribution in [3.63, 3.8) is 0 Å². The minimum atomic E-state index is -0.346. The normalized spacial score (nSPS) is 11.3. The Morgan fingerprint density at radius 2 is 1.60 bits per heavy atom. The van der Waals surface area contributed by atoms with Crippen molar-refractivity contribution in [2.75, 3.05) is 33.2 Å². The Kier molecular flexibility index (Phi) is 8.66. The maximum atomic E-state index is 13.3. The summed E-state index contributed by atoms with van der Waals surface area (Å²) in [5.74, 6) is 5.79. The fraction of sp³-hybridized carbons (Fsp3) is 0.231. The van der Waals surface area contributed by atoms with E-state index < -0.39 is 0 Å². The smallest absolute Gasteiger partial charge is 0.288 e. The van der Waals surface area contributed by atoms with Gasteiger partial charge in [0.25, 0.3) is 11.8 Å². The average molecular weight is 480 g/mol. The molecule has 3 rings (SSSR count). The Bertz CT molecular complexity index is 1160. The van der Waals surface area contributed by atoms with Gasteiger partial charge in [-0.15, -0.1) is 0 Å². The van der Waals surface area contributed by atoms with Gasteiger partial charge in [0.2, 0.25) is 5.75 Å². The molecule has 3 aromatic rings. The minimum absolute atomic E-state index is 0.115. The molecule has 0 aliphatic heterocycles. The van der Waals surface area contributed by atoms with Crippen LogP contribution in [0.5, 0.6) is 17.2 Å². The third kappa shape index (κ3) is 6.08. The number of hydrazine groups is 1. The zero-order valence-corrected chi connectivity index (χ0v) is 20.3. The molecule has 184 valence electrons. The average Bonchev–Trinajstić information content (AvgIpc) is 2.89. The zero-order valence-electron chi connectivity index (χ0n) is 20.3. The maximum absolute atomic E-state index is 13.3. The number of nitrogens with one attached hydrogen (secondary N) is 2. The monoisotopic (exact) mass is 479 g/mol. The number of aryl methyl sites for hydroxylation is 1. The highest BCUT2D eigenvalue weighted by molar-refractivity contribution is 6.05. The number of anilines is 1. The molecule has 0 radical (unpaired) electrons. The van der Waals surface area contributed by atoms with Gasteiger partial charge in [-0.2, -0.15) is 0 Å². The fourth-order valence-corrected chi connectivity index (χ4v) is 3.85. The summed E-state index contributed by atoms with van der Waals surface area (Å²) >= 11 is 0. The first kappa shape index (κ1) is 25.5. The van der Waals surface area contributed by atoms with E-state index in [2.05, 4.69) is 10.7 Å². The number of carbonyl (C=O) groups is 2. The third-order valence-electron chi connectivity index (χ3n) is 5.58. The first-order chi connectivity index (χ1) is 16.9. The Hall–Kier alpha value is -4.08. The van der Waals surface area contributed by atoms with E-state index in [-0.39, 0.29) is 24.4 Å². The lowest BCUT2D eigenvalue weighted by Gasteiger charge is -2.21. The first-order valence-electron chi connectivity index (χ1n) is 11.0. The Labute approximate surface area is 204 Å². The summed E-state index contributed by atoms with van der Waals surface area (Å²) < 4.78 is 16.1. The van der Waals surface area contributed by atoms with Crippen LogP contribution in [-0.4, -0.2) is 39.7 Å². The number of methoxy groups -OCH3 is 3. The van der Waals surface area contributed by atoms with Crippen LogP contribution in [0.4, 0.5) is 5.69 Å². The van der Waals surface area contributed by atoms with Gasteiger partial charge in [0.15, 0.2) is 18.0 Å². The van der Waals surface area contributed by atoms with Crippen molar-refractivity contribution in [2.45, 2.75) is 13.0 Å². The van der Waals surface area contributed by atoms with Crippen molar-refractivity contribution in [3.8, 4) is 17.2 Å². The summed E-state index contributed by atoms with van der Waals surface area (Å²) in [4.78, 5) is 25.2. The van der Waals surface area contributed by atoms with Crippen LogP contribution in [0.1, 0.15) is 33.1 Å². The van der Waals surface area contributed by atoms with Gasteiger partial charge in [-0.25, -0.2) is 5.84 Å². The summed E-state index contributed by atoms with van der Waals surface area (Å²) in [5, 5.41) is 4.89. The zero-order chi connectivity index (χ0) is 25.4. The number of hydrogen-bond acceptors (Lipinski definition) is 6. The quantitative estimate of drug-likeness (QED) is 0.200. The van der Waals surface area contributed by atoms with Gasteiger partial charge >= 0.3 is 0 Å². The number of amides is 2. The van der Waals surface area contributed by atoms with Crippen molar-refractivity contribution in [1.82, 2.24) is 5.43 Å². The highest BCUT2D eigenvalue weighted by Gasteiger charge is 2.24. The number of carbonyl (C=O) groups excluding carboxylic acids is 2. The summed E-state index contributed by atoms with van der Waals surface area (Å²) in [7, 11) is 4.49. The molecular formula is C26H31N4O5+. The van der Waals surface area contributed by atoms with E-state index in [1.54, 1.807) is 12.1 Å². The van der Waals surface area contributed by atoms with Crippen LogP contribution in [0.3, 0.4) is 0 Å². The second-order valence-electron chi connectivity index (χ2n) is 7.85. The maximum Gasteiger partial charge on any atom is 0.288 e. The van der Waals surface area contributed by atoms with Crippen LogP contribution in [0, 0.1) is 6.92 Å². The molecular weight excluding hydrogens is 448 g/mol. The van der Waals surface area contributed by atoms with E-state index in [4.69, 9.17) is 20.1 Å². The molecule has 0 aromatic heterocycles. The molecule has 9 heteroatoms. The third-order valence-corrected chi connectivity index (χ3v) is 5.58. The number of rotatable bonds is 10. The topological polar surface area (TPSA) is 129 Å². The van der Waals surface area contributed by atoms with Gasteiger partial charge in [-0.3, -0.25) is 15.0 Å². The van der Waals surface area contributed by atoms with Gasteiger partial charge in [-0.05, 0) is 31.2 Å². The molecule has 0 bridgehead atoms. The van der Waals surface area contributed by atoms with Crippen LogP contribution < -0.4 is 36.1 Å². The summed E-state index contributed by atoms with van der Waals surface area (Å²) in [6, 6.07) is 18.5. The predicted molar refractivity (Wildman–Crippen MR) is 133 cm³/mol. The Morgan fingerprint density at radius 1 is 0.943 bits per heavy atom. The fourth-order valence-electron chi connectivity index (χ4n) is 3.85. The molecule has 1 atom stereocenters. The van der Waals surface area contributed by atoms with Gasteiger partial charge in [-0.1, -0.05) is 42.0 Å². The van der Waals surface area contributed by atoms with Gasteiger partial charge in [0.05, 0.1) is 27.0 Å². The van der Waals surface area contributed by atoms with Crippen molar-refractivity contribution in [2.24, 2.45) is 5.84 Å². The van der Waals surface area contributed by atoms with Crippen LogP contribution >= 0.6 is 0 Å². The van der Waals surface area contributed by atoms with Crippen molar-refractivity contribution in [1.29, 1.82) is 0 Å². The van der Waals surface area contributed by atoms with E-state index in [9.17, 15) is 9.59 Å². The number of hydrogen-bond donors (Lipinski definition) is 4. The number of quaternary nitrogens is 1. The molecule has 2 amide bonds. The lowest BCUT2D eigenvalue weighted by molar-refractivity contribution is -0.676. The van der Waals surface area contributed by atoms with E-state index in [0.29, 0.717) is 28.5 Å². The van der Waals surface area contributed by atoms with Crippen LogP contribution in [0.2, 0.25) is 0 Å². The molecule has 0 aliphatic carbocycles. The van der Waals surface area contributed by atoms with Gasteiger partial charge in [0, 0.05) is 16.7 Å². The first-order valence-corrected chi connectivity index (χ1v) is 11.0. The largest absolute Gasteiger partial charge is 0.493 e.